The number of hydrogen-bond donors (Lipinski definition) is 1. The Morgan fingerprint density at radius 1 is 1.19 bits per heavy atom. The number of fused-ring (bicyclic) bond motifs is 1. The molecule has 0 aliphatic carbocycles. The summed E-state index contributed by atoms with van der Waals surface area (Å²) in [5.74, 6) is -0.174. The number of amides is 1. The molecule has 1 aliphatic heterocycles. The molecule has 0 radical (unpaired) electrons. The molecule has 0 atom stereocenters. The minimum Gasteiger partial charge on any atom is -0.351 e. The normalized spacial score (nSPS) is 14.8. The summed E-state index contributed by atoms with van der Waals surface area (Å²) in [6, 6.07) is 12.4. The molecule has 0 bridgehead atoms. The topological polar surface area (TPSA) is 91.6 Å². The van der Waals surface area contributed by atoms with Crippen molar-refractivity contribution in [2.45, 2.75) is 6.92 Å². The van der Waals surface area contributed by atoms with Crippen LogP contribution in [0.15, 0.2) is 48.5 Å². The molecule has 1 aromatic heterocycles. The molecular formula is C23H25N5O3S. The summed E-state index contributed by atoms with van der Waals surface area (Å²) in [6.07, 6.45) is 3.10. The van der Waals surface area contributed by atoms with Crippen LogP contribution in [-0.2, 0) is 4.79 Å². The predicted octanol–water partition coefficient (Wildman–Crippen LogP) is 3.46. The number of aryl methyl sites for hydroxylation is 1. The minimum absolute atomic E-state index is 0.0324. The molecule has 0 spiro atoms. The van der Waals surface area contributed by atoms with Crippen LogP contribution in [0.2, 0.25) is 0 Å². The largest absolute Gasteiger partial charge is 0.351 e. The summed E-state index contributed by atoms with van der Waals surface area (Å²) >= 11 is 1.75. The van der Waals surface area contributed by atoms with Crippen LogP contribution < -0.4 is 10.2 Å². The van der Waals surface area contributed by atoms with Gasteiger partial charge in [0.05, 0.1) is 15.1 Å². The first-order valence-electron chi connectivity index (χ1n) is 10.5. The van der Waals surface area contributed by atoms with E-state index in [1.807, 2.05) is 0 Å². The van der Waals surface area contributed by atoms with Crippen molar-refractivity contribution in [1.82, 2.24) is 15.2 Å². The van der Waals surface area contributed by atoms with Crippen molar-refractivity contribution < 1.29 is 9.72 Å². The van der Waals surface area contributed by atoms with E-state index in [1.54, 1.807) is 29.5 Å². The Kier molecular flexibility index (Phi) is 6.77. The van der Waals surface area contributed by atoms with Gasteiger partial charge in [-0.2, -0.15) is 0 Å². The number of nitrogens with zero attached hydrogens (tertiary/aromatic N) is 4. The van der Waals surface area contributed by atoms with E-state index in [9.17, 15) is 14.9 Å². The maximum absolute atomic E-state index is 12.0. The Hall–Kier alpha value is -3.30. The molecule has 1 amide bonds. The molecular weight excluding hydrogens is 426 g/mol. The first-order chi connectivity index (χ1) is 15.5. The number of para-hydroxylation sites is 1. The smallest absolute Gasteiger partial charge is 0.269 e. The highest BCUT2D eigenvalue weighted by Crippen LogP contribution is 2.30. The van der Waals surface area contributed by atoms with E-state index in [0.717, 1.165) is 48.9 Å². The number of thiazole rings is 1. The Morgan fingerprint density at radius 2 is 1.94 bits per heavy atom. The fraction of sp³-hybridized carbons (Fsp3) is 0.304. The molecule has 32 heavy (non-hydrogen) atoms. The highest BCUT2D eigenvalue weighted by molar-refractivity contribution is 7.22. The Balaban J connectivity index is 1.19. The second kappa shape index (κ2) is 9.88. The average molecular weight is 452 g/mol. The molecule has 0 saturated carbocycles. The number of anilines is 1. The average Bonchev–Trinajstić information content (AvgIpc) is 3.24. The molecule has 166 valence electrons. The first-order valence-corrected chi connectivity index (χ1v) is 11.3. The summed E-state index contributed by atoms with van der Waals surface area (Å²) in [5.41, 5.74) is 3.08. The molecule has 2 heterocycles. The molecule has 0 unspecified atom stereocenters. The van der Waals surface area contributed by atoms with Crippen molar-refractivity contribution in [2.75, 3.05) is 44.2 Å². The van der Waals surface area contributed by atoms with Gasteiger partial charge in [0.2, 0.25) is 5.91 Å². The third-order valence-corrected chi connectivity index (χ3v) is 6.59. The number of rotatable bonds is 7. The molecule has 9 heteroatoms. The Morgan fingerprint density at radius 3 is 2.62 bits per heavy atom. The van der Waals surface area contributed by atoms with Gasteiger partial charge in [-0.3, -0.25) is 19.8 Å². The van der Waals surface area contributed by atoms with Gasteiger partial charge in [0.25, 0.3) is 5.69 Å². The number of benzene rings is 2. The first kappa shape index (κ1) is 21.9. The molecule has 1 fully saturated rings. The summed E-state index contributed by atoms with van der Waals surface area (Å²) in [5, 5.41) is 14.7. The second-order valence-corrected chi connectivity index (χ2v) is 8.73. The van der Waals surface area contributed by atoms with Crippen LogP contribution in [0.3, 0.4) is 0 Å². The van der Waals surface area contributed by atoms with Crippen molar-refractivity contribution >= 4 is 44.4 Å². The zero-order valence-electron chi connectivity index (χ0n) is 17.9. The fourth-order valence-corrected chi connectivity index (χ4v) is 4.74. The molecule has 1 saturated heterocycles. The van der Waals surface area contributed by atoms with Gasteiger partial charge in [0.15, 0.2) is 5.13 Å². The van der Waals surface area contributed by atoms with Crippen LogP contribution in [0.1, 0.15) is 11.1 Å². The maximum atomic E-state index is 12.0. The van der Waals surface area contributed by atoms with Gasteiger partial charge >= 0.3 is 0 Å². The van der Waals surface area contributed by atoms with E-state index in [2.05, 4.69) is 40.2 Å². The predicted molar refractivity (Wildman–Crippen MR) is 128 cm³/mol. The van der Waals surface area contributed by atoms with Gasteiger partial charge in [-0.05, 0) is 42.3 Å². The van der Waals surface area contributed by atoms with Crippen LogP contribution in [0, 0.1) is 17.0 Å². The lowest BCUT2D eigenvalue weighted by Crippen LogP contribution is -2.48. The minimum atomic E-state index is -0.444. The maximum Gasteiger partial charge on any atom is 0.269 e. The number of aromatic nitrogens is 1. The van der Waals surface area contributed by atoms with Gasteiger partial charge < -0.3 is 10.2 Å². The van der Waals surface area contributed by atoms with E-state index in [4.69, 9.17) is 4.98 Å². The quantitative estimate of drug-likeness (QED) is 0.336. The van der Waals surface area contributed by atoms with Crippen molar-refractivity contribution in [2.24, 2.45) is 0 Å². The van der Waals surface area contributed by atoms with Gasteiger partial charge in [-0.1, -0.05) is 23.5 Å². The Bertz CT molecular complexity index is 1130. The van der Waals surface area contributed by atoms with Crippen LogP contribution in [-0.4, -0.2) is 60.0 Å². The van der Waals surface area contributed by atoms with Crippen molar-refractivity contribution in [3.05, 3.63) is 69.8 Å². The fourth-order valence-electron chi connectivity index (χ4n) is 3.65. The number of nitro benzene ring substituents is 1. The van der Waals surface area contributed by atoms with Crippen LogP contribution >= 0.6 is 11.3 Å². The molecule has 8 nitrogen and oxygen atoms in total. The number of nitrogens with one attached hydrogen (secondary N) is 1. The third kappa shape index (κ3) is 5.30. The SMILES string of the molecule is Cc1cccc2sc(N3CCN(CCNC(=O)/C=C\c4ccc([N+](=O)[O-])cc4)CC3)nc12. The monoisotopic (exact) mass is 451 g/mol. The summed E-state index contributed by atoms with van der Waals surface area (Å²) in [6.45, 7) is 7.18. The van der Waals surface area contributed by atoms with Gasteiger partial charge in [-0.25, -0.2) is 4.98 Å². The number of hydrogen-bond acceptors (Lipinski definition) is 7. The lowest BCUT2D eigenvalue weighted by molar-refractivity contribution is -0.384. The highest BCUT2D eigenvalue weighted by atomic mass is 32.1. The van der Waals surface area contributed by atoms with Crippen LogP contribution in [0.5, 0.6) is 0 Å². The third-order valence-electron chi connectivity index (χ3n) is 5.51. The lowest BCUT2D eigenvalue weighted by atomic mass is 10.2. The lowest BCUT2D eigenvalue weighted by Gasteiger charge is -2.34. The van der Waals surface area contributed by atoms with E-state index < -0.39 is 4.92 Å². The molecule has 4 rings (SSSR count). The van der Waals surface area contributed by atoms with Crippen LogP contribution in [0.25, 0.3) is 16.3 Å². The number of nitro groups is 1. The van der Waals surface area contributed by atoms with Crippen molar-refractivity contribution in [3.63, 3.8) is 0 Å². The van der Waals surface area contributed by atoms with E-state index >= 15 is 0 Å². The van der Waals surface area contributed by atoms with Crippen molar-refractivity contribution in [1.29, 1.82) is 0 Å². The second-order valence-electron chi connectivity index (χ2n) is 7.72. The molecule has 1 N–H and O–H groups in total. The highest BCUT2D eigenvalue weighted by Gasteiger charge is 2.20. The number of carbonyl (C=O) groups excluding carboxylic acids is 1. The van der Waals surface area contributed by atoms with E-state index in [1.165, 1.54) is 28.5 Å². The molecule has 2 aromatic carbocycles. The summed E-state index contributed by atoms with van der Waals surface area (Å²) in [4.78, 5) is 31.8. The van der Waals surface area contributed by atoms with Gasteiger partial charge in [-0.15, -0.1) is 0 Å². The van der Waals surface area contributed by atoms with Gasteiger partial charge in [0, 0.05) is 57.5 Å². The molecule has 3 aromatic rings. The van der Waals surface area contributed by atoms with E-state index in [-0.39, 0.29) is 11.6 Å². The number of carbonyl (C=O) groups is 1. The summed E-state index contributed by atoms with van der Waals surface area (Å²) < 4.78 is 1.23. The molecule has 1 aliphatic rings. The van der Waals surface area contributed by atoms with Crippen LogP contribution in [0.4, 0.5) is 10.8 Å². The zero-order valence-corrected chi connectivity index (χ0v) is 18.7. The Labute approximate surface area is 190 Å². The van der Waals surface area contributed by atoms with E-state index in [0.29, 0.717) is 6.54 Å². The van der Waals surface area contributed by atoms with Crippen molar-refractivity contribution in [3.8, 4) is 0 Å². The summed E-state index contributed by atoms with van der Waals surface area (Å²) in [7, 11) is 0. The zero-order chi connectivity index (χ0) is 22.5. The number of piperazine rings is 1. The number of non-ortho nitro benzene ring substituents is 1. The van der Waals surface area contributed by atoms with Gasteiger partial charge in [0.1, 0.15) is 0 Å². The standard InChI is InChI=1S/C23H25N5O3S/c1-17-3-2-4-20-22(17)25-23(32-20)27-15-13-26(14-16-27)12-11-24-21(29)10-7-18-5-8-19(9-6-18)28(30)31/h2-10H,11-16H2,1H3,(H,24,29)/b10-7-.